The van der Waals surface area contributed by atoms with Gasteiger partial charge in [0.05, 0.1) is 16.1 Å². The van der Waals surface area contributed by atoms with Gasteiger partial charge in [-0.1, -0.05) is 18.6 Å². The highest BCUT2D eigenvalue weighted by Crippen LogP contribution is 2.33. The Bertz CT molecular complexity index is 1350. The van der Waals surface area contributed by atoms with Crippen molar-refractivity contribution >= 4 is 21.6 Å². The zero-order valence-electron chi connectivity index (χ0n) is 21.9. The van der Waals surface area contributed by atoms with Crippen LogP contribution in [-0.2, 0) is 21.2 Å². The van der Waals surface area contributed by atoms with E-state index in [2.05, 4.69) is 5.32 Å². The van der Waals surface area contributed by atoms with E-state index in [1.54, 1.807) is 22.9 Å². The van der Waals surface area contributed by atoms with Gasteiger partial charge in [-0.2, -0.15) is 5.26 Å². The number of carbonyl (C=O) groups excluding carboxylic acids is 1. The second kappa shape index (κ2) is 12.6. The molecule has 1 saturated carbocycles. The number of alkyl halides is 2. The molecule has 0 spiro atoms. The molecule has 2 N–H and O–H groups in total. The van der Waals surface area contributed by atoms with Crippen LogP contribution in [0.3, 0.4) is 0 Å². The van der Waals surface area contributed by atoms with Crippen molar-refractivity contribution in [1.82, 2.24) is 9.62 Å². The second-order valence-electron chi connectivity index (χ2n) is 10.6. The highest BCUT2D eigenvalue weighted by Gasteiger charge is 2.41. The minimum Gasteiger partial charge on any atom is -0.379 e. The van der Waals surface area contributed by atoms with Crippen LogP contribution in [-0.4, -0.2) is 56.7 Å². The van der Waals surface area contributed by atoms with Crippen molar-refractivity contribution in [2.75, 3.05) is 25.0 Å². The zero-order valence-corrected chi connectivity index (χ0v) is 22.8. The van der Waals surface area contributed by atoms with E-state index >= 15 is 4.39 Å². The van der Waals surface area contributed by atoms with E-state index in [1.807, 2.05) is 4.90 Å². The van der Waals surface area contributed by atoms with Gasteiger partial charge >= 0.3 is 0 Å². The topological polar surface area (TPSA) is 102 Å². The van der Waals surface area contributed by atoms with Gasteiger partial charge in [-0.05, 0) is 74.8 Å². The molecule has 0 bridgehead atoms. The van der Waals surface area contributed by atoms with Crippen LogP contribution in [0.5, 0.6) is 0 Å². The molecule has 2 aromatic carbocycles. The molecule has 1 amide bonds. The molecule has 1 heterocycles. The summed E-state index contributed by atoms with van der Waals surface area (Å²) in [6.45, 7) is 1.14. The molecule has 1 aliphatic heterocycles. The van der Waals surface area contributed by atoms with Crippen molar-refractivity contribution in [2.45, 2.75) is 74.1 Å². The zero-order chi connectivity index (χ0) is 28.9. The summed E-state index contributed by atoms with van der Waals surface area (Å²) in [5.74, 6) is -2.70. The van der Waals surface area contributed by atoms with E-state index in [9.17, 15) is 31.6 Å². The number of nitrogens with zero attached hydrogens (tertiary/aromatic N) is 2. The lowest BCUT2D eigenvalue weighted by atomic mass is 9.86. The summed E-state index contributed by atoms with van der Waals surface area (Å²) >= 11 is 0. The SMILES string of the molecule is N#Cc1cc(S(=O)(=O)NC(=O)C2(F)CCCCC2)cc(F)c1N[C@@H](CCc1ccc(F)cc1)CCN1CC(F)C1. The fraction of sp³-hybridized carbons (Fsp3) is 0.500. The number of amides is 1. The Morgan fingerprint density at radius 1 is 1.10 bits per heavy atom. The third-order valence-corrected chi connectivity index (χ3v) is 8.83. The molecule has 2 aliphatic rings. The van der Waals surface area contributed by atoms with Crippen LogP contribution in [0.2, 0.25) is 0 Å². The van der Waals surface area contributed by atoms with Crippen molar-refractivity contribution in [1.29, 1.82) is 5.26 Å². The van der Waals surface area contributed by atoms with Crippen LogP contribution in [0.15, 0.2) is 41.3 Å². The Morgan fingerprint density at radius 3 is 2.40 bits per heavy atom. The summed E-state index contributed by atoms with van der Waals surface area (Å²) in [6.07, 6.45) is 2.03. The van der Waals surface area contributed by atoms with Gasteiger partial charge in [0, 0.05) is 25.7 Å². The molecule has 0 aromatic heterocycles. The number of nitrogens with one attached hydrogen (secondary N) is 2. The maximum absolute atomic E-state index is 15.3. The summed E-state index contributed by atoms with van der Waals surface area (Å²) in [5.41, 5.74) is -1.99. The fourth-order valence-electron chi connectivity index (χ4n) is 5.10. The summed E-state index contributed by atoms with van der Waals surface area (Å²) in [5, 5.41) is 12.7. The lowest BCUT2D eigenvalue weighted by molar-refractivity contribution is -0.133. The van der Waals surface area contributed by atoms with E-state index < -0.39 is 38.5 Å². The van der Waals surface area contributed by atoms with Gasteiger partial charge in [0.1, 0.15) is 23.9 Å². The molecule has 2 fully saturated rings. The number of hydrogen-bond acceptors (Lipinski definition) is 6. The van der Waals surface area contributed by atoms with Gasteiger partial charge in [-0.15, -0.1) is 0 Å². The van der Waals surface area contributed by atoms with Gasteiger partial charge in [0.2, 0.25) is 0 Å². The first-order chi connectivity index (χ1) is 19.0. The fourth-order valence-corrected chi connectivity index (χ4v) is 6.17. The van der Waals surface area contributed by atoms with Crippen LogP contribution in [0.4, 0.5) is 23.2 Å². The third kappa shape index (κ3) is 7.31. The van der Waals surface area contributed by atoms with Crippen LogP contribution >= 0.6 is 0 Å². The van der Waals surface area contributed by atoms with Gasteiger partial charge in [0.15, 0.2) is 5.67 Å². The van der Waals surface area contributed by atoms with E-state index in [-0.39, 0.29) is 36.0 Å². The average molecular weight is 581 g/mol. The number of halogens is 4. The molecule has 216 valence electrons. The lowest BCUT2D eigenvalue weighted by Gasteiger charge is -2.35. The number of rotatable bonds is 11. The number of carbonyl (C=O) groups is 1. The third-order valence-electron chi connectivity index (χ3n) is 7.52. The molecule has 12 heteroatoms. The summed E-state index contributed by atoms with van der Waals surface area (Å²) in [6, 6.07) is 8.99. The Kier molecular flexibility index (Phi) is 9.36. The van der Waals surface area contributed by atoms with Crippen molar-refractivity contribution in [3.05, 3.63) is 59.2 Å². The van der Waals surface area contributed by atoms with Crippen LogP contribution in [0.1, 0.15) is 56.1 Å². The molecule has 0 unspecified atom stereocenters. The highest BCUT2D eigenvalue weighted by molar-refractivity contribution is 7.90. The minimum atomic E-state index is -4.65. The van der Waals surface area contributed by atoms with Crippen LogP contribution < -0.4 is 10.0 Å². The lowest BCUT2D eigenvalue weighted by Crippen LogP contribution is -2.49. The van der Waals surface area contributed by atoms with Gasteiger partial charge in [0.25, 0.3) is 15.9 Å². The molecule has 2 aromatic rings. The van der Waals surface area contributed by atoms with Gasteiger partial charge in [-0.3, -0.25) is 9.69 Å². The predicted molar refractivity (Wildman–Crippen MR) is 141 cm³/mol. The predicted octanol–water partition coefficient (Wildman–Crippen LogP) is 4.77. The standard InChI is InChI=1S/C28H32F4N4O3S/c29-21-7-4-19(5-8-21)6-9-23(10-13-36-17-22(30)18-36)34-26-20(16-33)14-24(15-25(26)31)40(38,39)35-27(37)28(32)11-2-1-3-12-28/h4-5,7-8,14-15,22-23,34H,1-3,6,9-13,17-18H2,(H,35,37)/t23-/m0/s1. The highest BCUT2D eigenvalue weighted by atomic mass is 32.2. The van der Waals surface area contributed by atoms with E-state index in [0.29, 0.717) is 57.8 Å². The van der Waals surface area contributed by atoms with E-state index in [4.69, 9.17) is 0 Å². The smallest absolute Gasteiger partial charge is 0.271 e. The van der Waals surface area contributed by atoms with E-state index in [0.717, 1.165) is 18.1 Å². The number of anilines is 1. The number of likely N-dealkylation sites (tertiary alicyclic amines) is 1. The number of hydrogen-bond donors (Lipinski definition) is 2. The summed E-state index contributed by atoms with van der Waals surface area (Å²) in [4.78, 5) is 13.7. The van der Waals surface area contributed by atoms with E-state index in [1.165, 1.54) is 12.1 Å². The first kappa shape index (κ1) is 29.8. The summed E-state index contributed by atoms with van der Waals surface area (Å²) < 4.78 is 84.3. The maximum atomic E-state index is 15.3. The quantitative estimate of drug-likeness (QED) is 0.372. The Labute approximate surface area is 231 Å². The molecule has 4 rings (SSSR count). The Balaban J connectivity index is 1.51. The van der Waals surface area contributed by atoms with Gasteiger partial charge in [-0.25, -0.2) is 30.7 Å². The molecule has 1 saturated heterocycles. The first-order valence-electron chi connectivity index (χ1n) is 13.4. The average Bonchev–Trinajstić information content (AvgIpc) is 2.90. The summed E-state index contributed by atoms with van der Waals surface area (Å²) in [7, 11) is -4.65. The maximum Gasteiger partial charge on any atom is 0.271 e. The normalized spacial score (nSPS) is 18.4. The van der Waals surface area contributed by atoms with Crippen molar-refractivity contribution in [3.8, 4) is 6.07 Å². The van der Waals surface area contributed by atoms with Crippen molar-refractivity contribution < 1.29 is 30.8 Å². The monoisotopic (exact) mass is 580 g/mol. The molecular weight excluding hydrogens is 548 g/mol. The number of aryl methyl sites for hydroxylation is 1. The molecule has 40 heavy (non-hydrogen) atoms. The first-order valence-corrected chi connectivity index (χ1v) is 14.8. The number of nitriles is 1. The Morgan fingerprint density at radius 2 is 1.77 bits per heavy atom. The molecule has 0 radical (unpaired) electrons. The Hall–Kier alpha value is -3.17. The number of benzene rings is 2. The second-order valence-corrected chi connectivity index (χ2v) is 12.2. The molecular formula is C28H32F4N4O3S. The largest absolute Gasteiger partial charge is 0.379 e. The molecule has 1 atom stereocenters. The van der Waals surface area contributed by atoms with Gasteiger partial charge < -0.3 is 5.32 Å². The van der Waals surface area contributed by atoms with Crippen LogP contribution in [0.25, 0.3) is 0 Å². The number of sulfonamides is 1. The van der Waals surface area contributed by atoms with Crippen molar-refractivity contribution in [2.24, 2.45) is 0 Å². The molecule has 7 nitrogen and oxygen atoms in total. The van der Waals surface area contributed by atoms with Crippen molar-refractivity contribution in [3.63, 3.8) is 0 Å². The minimum absolute atomic E-state index is 0.0995. The van der Waals surface area contributed by atoms with Crippen LogP contribution in [0, 0.1) is 23.0 Å². The molecule has 1 aliphatic carbocycles.